The largest absolute Gasteiger partial charge is 0.381 e. The lowest BCUT2D eigenvalue weighted by Crippen LogP contribution is -2.40. The van der Waals surface area contributed by atoms with Crippen molar-refractivity contribution >= 4 is 17.2 Å². The molecular formula is C18H23N3O2S. The minimum atomic E-state index is 0.105. The molecule has 0 radical (unpaired) electrons. The van der Waals surface area contributed by atoms with Gasteiger partial charge in [0.1, 0.15) is 0 Å². The number of hydrogen-bond acceptors (Lipinski definition) is 4. The highest BCUT2D eigenvalue weighted by molar-refractivity contribution is 7.12. The Morgan fingerprint density at radius 1 is 1.46 bits per heavy atom. The van der Waals surface area contributed by atoms with Crippen molar-refractivity contribution in [2.24, 2.45) is 5.92 Å². The number of hydrogen-bond donors (Lipinski definition) is 0. The normalized spacial score (nSPS) is 20.2. The second-order valence-corrected chi connectivity index (χ2v) is 7.64. The van der Waals surface area contributed by atoms with Crippen LogP contribution in [0.15, 0.2) is 23.8 Å². The molecule has 0 saturated heterocycles. The van der Waals surface area contributed by atoms with Crippen molar-refractivity contribution in [3.63, 3.8) is 0 Å². The van der Waals surface area contributed by atoms with Gasteiger partial charge in [-0.15, -0.1) is 11.3 Å². The van der Waals surface area contributed by atoms with E-state index in [9.17, 15) is 4.79 Å². The molecule has 0 aromatic carbocycles. The zero-order valence-electron chi connectivity index (χ0n) is 14.0. The van der Waals surface area contributed by atoms with Crippen LogP contribution in [0.1, 0.15) is 46.7 Å². The molecule has 1 aliphatic heterocycles. The molecule has 1 amide bonds. The van der Waals surface area contributed by atoms with Crippen LogP contribution in [0.25, 0.3) is 0 Å². The minimum Gasteiger partial charge on any atom is -0.381 e. The Balaban J connectivity index is 1.59. The monoisotopic (exact) mass is 345 g/mol. The molecule has 1 aliphatic carbocycles. The summed E-state index contributed by atoms with van der Waals surface area (Å²) in [7, 11) is 0. The van der Waals surface area contributed by atoms with E-state index in [2.05, 4.69) is 9.55 Å². The van der Waals surface area contributed by atoms with Crippen molar-refractivity contribution in [2.45, 2.75) is 38.8 Å². The molecule has 2 aromatic rings. The van der Waals surface area contributed by atoms with Gasteiger partial charge in [0.15, 0.2) is 0 Å². The molecule has 1 saturated carbocycles. The summed E-state index contributed by atoms with van der Waals surface area (Å²) >= 11 is 1.50. The molecule has 2 aromatic heterocycles. The predicted molar refractivity (Wildman–Crippen MR) is 93.2 cm³/mol. The first kappa shape index (κ1) is 15.8. The zero-order chi connectivity index (χ0) is 16.5. The van der Waals surface area contributed by atoms with Crippen LogP contribution in [0, 0.1) is 5.92 Å². The number of fused-ring (bicyclic) bond motifs is 1. The van der Waals surface area contributed by atoms with Crippen molar-refractivity contribution in [2.75, 3.05) is 19.8 Å². The molecule has 5 nitrogen and oxygen atoms in total. The van der Waals surface area contributed by atoms with Gasteiger partial charge in [-0.2, -0.15) is 0 Å². The van der Waals surface area contributed by atoms with E-state index in [1.807, 2.05) is 35.7 Å². The fourth-order valence-corrected chi connectivity index (χ4v) is 4.14. The number of aromatic nitrogens is 2. The van der Waals surface area contributed by atoms with Crippen LogP contribution in [0.2, 0.25) is 0 Å². The Hall–Kier alpha value is -1.66. The van der Waals surface area contributed by atoms with Gasteiger partial charge in [-0.05, 0) is 37.1 Å². The number of carbonyl (C=O) groups is 1. The Morgan fingerprint density at radius 2 is 2.33 bits per heavy atom. The minimum absolute atomic E-state index is 0.105. The molecule has 24 heavy (non-hydrogen) atoms. The summed E-state index contributed by atoms with van der Waals surface area (Å²) in [6.07, 6.45) is 4.61. The second kappa shape index (κ2) is 6.69. The van der Waals surface area contributed by atoms with Crippen molar-refractivity contribution < 1.29 is 9.53 Å². The molecule has 0 N–H and O–H groups in total. The van der Waals surface area contributed by atoms with Crippen LogP contribution >= 0.6 is 11.3 Å². The van der Waals surface area contributed by atoms with Gasteiger partial charge in [0.2, 0.25) is 0 Å². The van der Waals surface area contributed by atoms with E-state index in [1.165, 1.54) is 29.9 Å². The summed E-state index contributed by atoms with van der Waals surface area (Å²) in [6.45, 7) is 5.73. The number of rotatable bonds is 6. The average Bonchev–Trinajstić information content (AvgIpc) is 3.09. The van der Waals surface area contributed by atoms with Gasteiger partial charge in [-0.3, -0.25) is 4.79 Å². The molecule has 0 spiro atoms. The quantitative estimate of drug-likeness (QED) is 0.808. The van der Waals surface area contributed by atoms with Gasteiger partial charge >= 0.3 is 0 Å². The number of carbonyl (C=O) groups excluding carboxylic acids is 1. The molecular weight excluding hydrogens is 322 g/mol. The molecule has 6 heteroatoms. The average molecular weight is 345 g/mol. The first-order chi connectivity index (χ1) is 11.8. The lowest BCUT2D eigenvalue weighted by Gasteiger charge is -2.33. The number of ether oxygens (including phenoxy) is 1. The number of nitrogens with zero attached hydrogens (tertiary/aromatic N) is 3. The zero-order valence-corrected chi connectivity index (χ0v) is 14.8. The third-order valence-electron chi connectivity index (χ3n) is 4.82. The predicted octanol–water partition coefficient (Wildman–Crippen LogP) is 3.13. The van der Waals surface area contributed by atoms with Gasteiger partial charge in [0.05, 0.1) is 30.1 Å². The van der Waals surface area contributed by atoms with Gasteiger partial charge < -0.3 is 14.2 Å². The third-order valence-corrected chi connectivity index (χ3v) is 5.68. The second-order valence-electron chi connectivity index (χ2n) is 6.69. The number of thiophene rings is 1. The maximum atomic E-state index is 12.7. The van der Waals surface area contributed by atoms with Crippen LogP contribution < -0.4 is 0 Å². The SMILES string of the molecule is CCOC[C@@H]1CN(C(=O)c2cccs2)Cc2ncn(CC3CC3)c21. The Morgan fingerprint density at radius 3 is 3.04 bits per heavy atom. The topological polar surface area (TPSA) is 47.4 Å². The summed E-state index contributed by atoms with van der Waals surface area (Å²) in [5.41, 5.74) is 2.32. The summed E-state index contributed by atoms with van der Waals surface area (Å²) in [6, 6.07) is 3.82. The van der Waals surface area contributed by atoms with Crippen LogP contribution in [0.5, 0.6) is 0 Å². The third kappa shape index (κ3) is 3.13. The molecule has 4 rings (SSSR count). The summed E-state index contributed by atoms with van der Waals surface area (Å²) < 4.78 is 8.03. The Bertz CT molecular complexity index is 706. The number of imidazole rings is 1. The standard InChI is InChI=1S/C18H23N3O2S/c1-2-23-11-14-9-20(18(22)16-4-3-7-24-16)10-15-17(14)21(12-19-15)8-13-5-6-13/h3-4,7,12-14H,2,5-6,8-11H2,1H3/t14-/m0/s1. The van der Waals surface area contributed by atoms with Crippen LogP contribution in [-0.4, -0.2) is 40.1 Å². The maximum Gasteiger partial charge on any atom is 0.264 e. The maximum absolute atomic E-state index is 12.7. The summed E-state index contributed by atoms with van der Waals surface area (Å²) in [4.78, 5) is 20.1. The van der Waals surface area contributed by atoms with Gasteiger partial charge in [-0.25, -0.2) is 4.98 Å². The van der Waals surface area contributed by atoms with E-state index >= 15 is 0 Å². The molecule has 2 aliphatic rings. The van der Waals surface area contributed by atoms with E-state index in [4.69, 9.17) is 4.74 Å². The summed E-state index contributed by atoms with van der Waals surface area (Å²) in [5, 5.41) is 1.95. The first-order valence-corrected chi connectivity index (χ1v) is 9.58. The van der Waals surface area contributed by atoms with E-state index < -0.39 is 0 Å². The molecule has 0 bridgehead atoms. The van der Waals surface area contributed by atoms with Gasteiger partial charge in [0, 0.05) is 31.3 Å². The fourth-order valence-electron chi connectivity index (χ4n) is 3.45. The van der Waals surface area contributed by atoms with E-state index in [1.54, 1.807) is 0 Å². The molecule has 1 fully saturated rings. The lowest BCUT2D eigenvalue weighted by molar-refractivity contribution is 0.0648. The van der Waals surface area contributed by atoms with Crippen LogP contribution in [0.4, 0.5) is 0 Å². The Kier molecular flexibility index (Phi) is 4.41. The van der Waals surface area contributed by atoms with Gasteiger partial charge in [0.25, 0.3) is 5.91 Å². The van der Waals surface area contributed by atoms with Crippen molar-refractivity contribution in [1.29, 1.82) is 0 Å². The highest BCUT2D eigenvalue weighted by Crippen LogP contribution is 2.35. The molecule has 0 unspecified atom stereocenters. The van der Waals surface area contributed by atoms with E-state index in [0.29, 0.717) is 26.3 Å². The number of amides is 1. The van der Waals surface area contributed by atoms with Gasteiger partial charge in [-0.1, -0.05) is 6.07 Å². The van der Waals surface area contributed by atoms with Crippen molar-refractivity contribution in [1.82, 2.24) is 14.5 Å². The van der Waals surface area contributed by atoms with E-state index in [-0.39, 0.29) is 11.8 Å². The van der Waals surface area contributed by atoms with Crippen molar-refractivity contribution in [3.8, 4) is 0 Å². The molecule has 3 heterocycles. The van der Waals surface area contributed by atoms with Crippen molar-refractivity contribution in [3.05, 3.63) is 40.1 Å². The fraction of sp³-hybridized carbons (Fsp3) is 0.556. The molecule has 128 valence electrons. The highest BCUT2D eigenvalue weighted by atomic mass is 32.1. The Labute approximate surface area is 146 Å². The first-order valence-electron chi connectivity index (χ1n) is 8.70. The van der Waals surface area contributed by atoms with Crippen LogP contribution in [-0.2, 0) is 17.8 Å². The smallest absolute Gasteiger partial charge is 0.264 e. The lowest BCUT2D eigenvalue weighted by atomic mass is 9.98. The van der Waals surface area contributed by atoms with E-state index in [0.717, 1.165) is 23.0 Å². The molecule has 1 atom stereocenters. The highest BCUT2D eigenvalue weighted by Gasteiger charge is 2.34. The van der Waals surface area contributed by atoms with Crippen LogP contribution in [0.3, 0.4) is 0 Å². The summed E-state index contributed by atoms with van der Waals surface area (Å²) in [5.74, 6) is 1.12.